The maximum Gasteiger partial charge on any atom is 0.262 e. The second kappa shape index (κ2) is 8.78. The van der Waals surface area contributed by atoms with Crippen molar-refractivity contribution in [3.8, 4) is 0 Å². The van der Waals surface area contributed by atoms with Crippen LogP contribution in [-0.4, -0.2) is 31.7 Å². The molecule has 0 bridgehead atoms. The van der Waals surface area contributed by atoms with Crippen LogP contribution in [0, 0.1) is 0 Å². The third-order valence-corrected chi connectivity index (χ3v) is 6.33. The molecule has 1 aliphatic carbocycles. The number of para-hydroxylation sites is 1. The van der Waals surface area contributed by atoms with Gasteiger partial charge in [-0.15, -0.1) is 0 Å². The zero-order valence-corrected chi connectivity index (χ0v) is 17.2. The summed E-state index contributed by atoms with van der Waals surface area (Å²) in [5, 5.41) is 3.91. The van der Waals surface area contributed by atoms with Gasteiger partial charge in [-0.1, -0.05) is 42.8 Å². The van der Waals surface area contributed by atoms with Gasteiger partial charge in [0.1, 0.15) is 0 Å². The van der Waals surface area contributed by atoms with Crippen molar-refractivity contribution in [2.45, 2.75) is 55.6 Å². The number of aromatic nitrogens is 3. The fraction of sp³-hybridized carbons (Fsp3) is 0.364. The van der Waals surface area contributed by atoms with Gasteiger partial charge in [0.05, 0.1) is 22.7 Å². The van der Waals surface area contributed by atoms with E-state index in [1.54, 1.807) is 23.0 Å². The summed E-state index contributed by atoms with van der Waals surface area (Å²) in [4.78, 5) is 34.7. The zero-order valence-electron chi connectivity index (χ0n) is 16.4. The van der Waals surface area contributed by atoms with Crippen molar-refractivity contribution in [1.82, 2.24) is 19.9 Å². The lowest BCUT2D eigenvalue weighted by Crippen LogP contribution is -2.38. The van der Waals surface area contributed by atoms with Crippen molar-refractivity contribution in [3.63, 3.8) is 0 Å². The Morgan fingerprint density at radius 3 is 2.79 bits per heavy atom. The van der Waals surface area contributed by atoms with Crippen LogP contribution in [-0.2, 0) is 11.3 Å². The molecule has 1 fully saturated rings. The number of hydrogen-bond acceptors (Lipinski definition) is 5. The van der Waals surface area contributed by atoms with Gasteiger partial charge < -0.3 is 5.32 Å². The van der Waals surface area contributed by atoms with Gasteiger partial charge in [0, 0.05) is 18.4 Å². The third-order valence-electron chi connectivity index (χ3n) is 5.24. The summed E-state index contributed by atoms with van der Waals surface area (Å²) in [5.74, 6) is -0.00256. The summed E-state index contributed by atoms with van der Waals surface area (Å²) >= 11 is 1.33. The maximum absolute atomic E-state index is 13.2. The van der Waals surface area contributed by atoms with Crippen LogP contribution in [0.15, 0.2) is 58.7 Å². The standard InChI is InChI=1S/C22H24N4O2S/c1-15(20(27)24-17-8-2-3-9-17)29-22-25-19-11-5-4-10-18(19)21(28)26(22)14-16-7-6-12-23-13-16/h4-7,10-13,15,17H,2-3,8-9,14H2,1H3,(H,24,27). The third kappa shape index (κ3) is 4.50. The minimum atomic E-state index is -0.344. The Morgan fingerprint density at radius 1 is 1.24 bits per heavy atom. The van der Waals surface area contributed by atoms with Crippen LogP contribution in [0.3, 0.4) is 0 Å². The lowest BCUT2D eigenvalue weighted by Gasteiger charge is -2.18. The Kier molecular flexibility index (Phi) is 5.94. The Balaban J connectivity index is 1.65. The van der Waals surface area contributed by atoms with E-state index in [1.807, 2.05) is 37.3 Å². The molecule has 0 saturated heterocycles. The van der Waals surface area contributed by atoms with E-state index in [4.69, 9.17) is 4.98 Å². The minimum Gasteiger partial charge on any atom is -0.352 e. The van der Waals surface area contributed by atoms with Crippen molar-refractivity contribution < 1.29 is 4.79 Å². The number of nitrogens with zero attached hydrogens (tertiary/aromatic N) is 3. The minimum absolute atomic E-state index is 0.00256. The van der Waals surface area contributed by atoms with Gasteiger partial charge >= 0.3 is 0 Å². The Morgan fingerprint density at radius 2 is 2.03 bits per heavy atom. The molecule has 1 amide bonds. The van der Waals surface area contributed by atoms with E-state index < -0.39 is 0 Å². The number of thioether (sulfide) groups is 1. The number of hydrogen-bond donors (Lipinski definition) is 1. The maximum atomic E-state index is 13.2. The van der Waals surface area contributed by atoms with Crippen molar-refractivity contribution in [1.29, 1.82) is 0 Å². The number of fused-ring (bicyclic) bond motifs is 1. The molecule has 7 heteroatoms. The van der Waals surface area contributed by atoms with Crippen LogP contribution >= 0.6 is 11.8 Å². The summed E-state index contributed by atoms with van der Waals surface area (Å²) < 4.78 is 1.64. The van der Waals surface area contributed by atoms with Gasteiger partial charge in [0.25, 0.3) is 5.56 Å². The lowest BCUT2D eigenvalue weighted by atomic mass is 10.2. The molecule has 0 aliphatic heterocycles. The Labute approximate surface area is 173 Å². The van der Waals surface area contributed by atoms with E-state index in [-0.39, 0.29) is 22.8 Å². The van der Waals surface area contributed by atoms with Crippen LogP contribution in [0.1, 0.15) is 38.2 Å². The van der Waals surface area contributed by atoms with Crippen LogP contribution < -0.4 is 10.9 Å². The number of amides is 1. The number of benzene rings is 1. The molecule has 29 heavy (non-hydrogen) atoms. The molecule has 2 heterocycles. The van der Waals surface area contributed by atoms with Gasteiger partial charge in [-0.05, 0) is 43.5 Å². The van der Waals surface area contributed by atoms with E-state index in [2.05, 4.69) is 10.3 Å². The molecule has 1 aromatic carbocycles. The van der Waals surface area contributed by atoms with Crippen molar-refractivity contribution in [2.24, 2.45) is 0 Å². The molecule has 1 atom stereocenters. The van der Waals surface area contributed by atoms with Crippen molar-refractivity contribution >= 4 is 28.6 Å². The zero-order chi connectivity index (χ0) is 20.2. The molecule has 2 aromatic heterocycles. The number of carbonyl (C=O) groups is 1. The van der Waals surface area contributed by atoms with Gasteiger partial charge in [-0.2, -0.15) is 0 Å². The summed E-state index contributed by atoms with van der Waals surface area (Å²) in [6.45, 7) is 2.23. The van der Waals surface area contributed by atoms with E-state index in [9.17, 15) is 9.59 Å². The largest absolute Gasteiger partial charge is 0.352 e. The molecule has 3 aromatic rings. The van der Waals surface area contributed by atoms with Crippen molar-refractivity contribution in [3.05, 3.63) is 64.7 Å². The highest BCUT2D eigenvalue weighted by Crippen LogP contribution is 2.24. The molecule has 1 saturated carbocycles. The molecule has 1 N–H and O–H groups in total. The first kappa shape index (κ1) is 19.6. The predicted molar refractivity (Wildman–Crippen MR) is 115 cm³/mol. The highest BCUT2D eigenvalue weighted by Gasteiger charge is 2.23. The first-order valence-electron chi connectivity index (χ1n) is 9.97. The highest BCUT2D eigenvalue weighted by molar-refractivity contribution is 8.00. The second-order valence-electron chi connectivity index (χ2n) is 7.41. The normalized spacial score (nSPS) is 15.5. The number of carbonyl (C=O) groups excluding carboxylic acids is 1. The molecule has 1 aliphatic rings. The van der Waals surface area contributed by atoms with Crippen molar-refractivity contribution in [2.75, 3.05) is 0 Å². The average Bonchev–Trinajstić information content (AvgIpc) is 3.24. The fourth-order valence-electron chi connectivity index (χ4n) is 3.65. The summed E-state index contributed by atoms with van der Waals surface area (Å²) in [6, 6.07) is 11.4. The monoisotopic (exact) mass is 408 g/mol. The summed E-state index contributed by atoms with van der Waals surface area (Å²) in [6.07, 6.45) is 7.88. The molecular formula is C22H24N4O2S. The van der Waals surface area contributed by atoms with Crippen LogP contribution in [0.5, 0.6) is 0 Å². The average molecular weight is 409 g/mol. The molecule has 0 spiro atoms. The molecule has 6 nitrogen and oxygen atoms in total. The van der Waals surface area contributed by atoms with Crippen LogP contribution in [0.4, 0.5) is 0 Å². The molecule has 0 radical (unpaired) electrons. The quantitative estimate of drug-likeness (QED) is 0.500. The van der Waals surface area contributed by atoms with Gasteiger partial charge in [-0.3, -0.25) is 19.1 Å². The van der Waals surface area contributed by atoms with E-state index >= 15 is 0 Å². The molecule has 150 valence electrons. The SMILES string of the molecule is CC(Sc1nc2ccccc2c(=O)n1Cc1cccnc1)C(=O)NC1CCCC1. The Hall–Kier alpha value is -2.67. The first-order chi connectivity index (χ1) is 14.1. The number of pyridine rings is 1. The predicted octanol–water partition coefficient (Wildman–Crippen LogP) is 3.38. The smallest absolute Gasteiger partial charge is 0.262 e. The Bertz CT molecular complexity index is 1060. The summed E-state index contributed by atoms with van der Waals surface area (Å²) in [7, 11) is 0. The van der Waals surface area contributed by atoms with Crippen LogP contribution in [0.2, 0.25) is 0 Å². The number of nitrogens with one attached hydrogen (secondary N) is 1. The van der Waals surface area contributed by atoms with Gasteiger partial charge in [-0.25, -0.2) is 4.98 Å². The van der Waals surface area contributed by atoms with Gasteiger partial charge in [0.2, 0.25) is 5.91 Å². The summed E-state index contributed by atoms with van der Waals surface area (Å²) in [5.41, 5.74) is 1.45. The van der Waals surface area contributed by atoms with E-state index in [0.717, 1.165) is 18.4 Å². The lowest BCUT2D eigenvalue weighted by molar-refractivity contribution is -0.120. The first-order valence-corrected chi connectivity index (χ1v) is 10.9. The molecule has 1 unspecified atom stereocenters. The molecule has 4 rings (SSSR count). The van der Waals surface area contributed by atoms with Gasteiger partial charge in [0.15, 0.2) is 5.16 Å². The highest BCUT2D eigenvalue weighted by atomic mass is 32.2. The fourth-order valence-corrected chi connectivity index (χ4v) is 4.57. The topological polar surface area (TPSA) is 76.9 Å². The second-order valence-corrected chi connectivity index (χ2v) is 8.72. The number of rotatable bonds is 6. The van der Waals surface area contributed by atoms with Crippen LogP contribution in [0.25, 0.3) is 10.9 Å². The molecular weight excluding hydrogens is 384 g/mol. The van der Waals surface area contributed by atoms with E-state index in [0.29, 0.717) is 22.6 Å². The van der Waals surface area contributed by atoms with E-state index in [1.165, 1.54) is 24.6 Å².